The summed E-state index contributed by atoms with van der Waals surface area (Å²) < 4.78 is 0. The lowest BCUT2D eigenvalue weighted by atomic mass is 9.69. The van der Waals surface area contributed by atoms with Crippen molar-refractivity contribution in [3.63, 3.8) is 0 Å². The van der Waals surface area contributed by atoms with Gasteiger partial charge in [-0.1, -0.05) is 18.0 Å². The summed E-state index contributed by atoms with van der Waals surface area (Å²) in [6.07, 6.45) is 9.21. The first kappa shape index (κ1) is 9.04. The van der Waals surface area contributed by atoms with Crippen LogP contribution in [-0.2, 0) is 0 Å². The maximum Gasteiger partial charge on any atom is 0.0601 e. The zero-order valence-corrected chi connectivity index (χ0v) is 8.42. The van der Waals surface area contributed by atoms with Gasteiger partial charge in [-0.3, -0.25) is 0 Å². The average molecular weight is 181 g/mol. The Morgan fingerprint density at radius 2 is 1.92 bits per heavy atom. The van der Waals surface area contributed by atoms with Gasteiger partial charge in [0.2, 0.25) is 0 Å². The summed E-state index contributed by atoms with van der Waals surface area (Å²) in [6.45, 7) is 1.99. The number of hydrogen-bond donors (Lipinski definition) is 1. The minimum atomic E-state index is 0.280. The third-order valence-electron chi connectivity index (χ3n) is 4.25. The lowest BCUT2D eigenvalue weighted by Crippen LogP contribution is -2.31. The van der Waals surface area contributed by atoms with E-state index in [0.29, 0.717) is 0 Å². The SMILES string of the molecule is C/C(=N\O)C12CCCC(CC1)CC2. The molecule has 0 aromatic carbocycles. The molecular formula is C11H19NO. The fourth-order valence-corrected chi connectivity index (χ4v) is 3.15. The lowest BCUT2D eigenvalue weighted by molar-refractivity contribution is 0.235. The Morgan fingerprint density at radius 3 is 2.54 bits per heavy atom. The van der Waals surface area contributed by atoms with Crippen LogP contribution in [0.3, 0.4) is 0 Å². The largest absolute Gasteiger partial charge is 0.411 e. The van der Waals surface area contributed by atoms with E-state index in [0.717, 1.165) is 11.6 Å². The lowest BCUT2D eigenvalue weighted by Gasteiger charge is -2.36. The molecule has 0 spiro atoms. The molecule has 3 saturated carbocycles. The Labute approximate surface area is 80.0 Å². The molecule has 0 radical (unpaired) electrons. The highest BCUT2D eigenvalue weighted by Gasteiger charge is 2.40. The van der Waals surface area contributed by atoms with Crippen molar-refractivity contribution >= 4 is 5.71 Å². The van der Waals surface area contributed by atoms with Crippen molar-refractivity contribution in [2.45, 2.75) is 51.9 Å². The average Bonchev–Trinajstić information content (AvgIpc) is 2.50. The maximum atomic E-state index is 8.88. The molecule has 0 unspecified atom stereocenters. The van der Waals surface area contributed by atoms with Gasteiger partial charge in [0.1, 0.15) is 0 Å². The fourth-order valence-electron chi connectivity index (χ4n) is 3.15. The van der Waals surface area contributed by atoms with E-state index in [4.69, 9.17) is 5.21 Å². The summed E-state index contributed by atoms with van der Waals surface area (Å²) in [5.74, 6) is 0.974. The number of hydrogen-bond acceptors (Lipinski definition) is 2. The number of fused-ring (bicyclic) bond motifs is 4. The van der Waals surface area contributed by atoms with Gasteiger partial charge in [-0.05, 0) is 44.9 Å². The molecule has 2 nitrogen and oxygen atoms in total. The molecule has 3 rings (SSSR count). The normalized spacial score (nSPS) is 40.4. The van der Waals surface area contributed by atoms with Gasteiger partial charge in [0, 0.05) is 5.41 Å². The van der Waals surface area contributed by atoms with Crippen LogP contribution in [0.2, 0.25) is 0 Å². The van der Waals surface area contributed by atoms with Crippen molar-refractivity contribution in [2.24, 2.45) is 16.5 Å². The zero-order valence-electron chi connectivity index (χ0n) is 8.42. The molecule has 13 heavy (non-hydrogen) atoms. The summed E-state index contributed by atoms with van der Waals surface area (Å²) in [5, 5.41) is 12.3. The number of nitrogens with zero attached hydrogens (tertiary/aromatic N) is 1. The molecule has 3 aliphatic carbocycles. The Balaban J connectivity index is 2.21. The van der Waals surface area contributed by atoms with Crippen LogP contribution >= 0.6 is 0 Å². The van der Waals surface area contributed by atoms with Crippen molar-refractivity contribution < 1.29 is 5.21 Å². The Hall–Kier alpha value is -0.530. The van der Waals surface area contributed by atoms with E-state index in [1.807, 2.05) is 6.92 Å². The van der Waals surface area contributed by atoms with Gasteiger partial charge in [-0.2, -0.15) is 0 Å². The second-order valence-electron chi connectivity index (χ2n) is 4.80. The van der Waals surface area contributed by atoms with Crippen molar-refractivity contribution in [1.82, 2.24) is 0 Å². The van der Waals surface area contributed by atoms with Crippen LogP contribution in [0.5, 0.6) is 0 Å². The predicted octanol–water partition coefficient (Wildman–Crippen LogP) is 3.20. The molecule has 0 amide bonds. The summed E-state index contributed by atoms with van der Waals surface area (Å²) in [5.41, 5.74) is 1.26. The van der Waals surface area contributed by atoms with E-state index in [1.165, 1.54) is 44.9 Å². The first-order chi connectivity index (χ1) is 6.27. The summed E-state index contributed by atoms with van der Waals surface area (Å²) in [7, 11) is 0. The molecule has 1 N–H and O–H groups in total. The van der Waals surface area contributed by atoms with Crippen LogP contribution in [0, 0.1) is 11.3 Å². The molecule has 0 atom stereocenters. The summed E-state index contributed by atoms with van der Waals surface area (Å²) in [6, 6.07) is 0. The first-order valence-electron chi connectivity index (χ1n) is 5.46. The minimum absolute atomic E-state index is 0.280. The second-order valence-corrected chi connectivity index (χ2v) is 4.80. The van der Waals surface area contributed by atoms with Crippen LogP contribution in [0.1, 0.15) is 51.9 Å². The van der Waals surface area contributed by atoms with E-state index in [9.17, 15) is 0 Å². The Bertz CT molecular complexity index is 209. The minimum Gasteiger partial charge on any atom is -0.411 e. The van der Waals surface area contributed by atoms with E-state index < -0.39 is 0 Å². The highest BCUT2D eigenvalue weighted by molar-refractivity contribution is 5.87. The van der Waals surface area contributed by atoms with E-state index in [1.54, 1.807) is 0 Å². The fraction of sp³-hybridized carbons (Fsp3) is 0.909. The smallest absolute Gasteiger partial charge is 0.0601 e. The Morgan fingerprint density at radius 1 is 1.23 bits per heavy atom. The summed E-state index contributed by atoms with van der Waals surface area (Å²) in [4.78, 5) is 0. The molecule has 0 aliphatic heterocycles. The quantitative estimate of drug-likeness (QED) is 0.376. The first-order valence-corrected chi connectivity index (χ1v) is 5.46. The molecule has 0 saturated heterocycles. The van der Waals surface area contributed by atoms with Crippen molar-refractivity contribution in [2.75, 3.05) is 0 Å². The highest BCUT2D eigenvalue weighted by Crippen LogP contribution is 2.48. The van der Waals surface area contributed by atoms with Gasteiger partial charge in [0.25, 0.3) is 0 Å². The van der Waals surface area contributed by atoms with Crippen LogP contribution in [-0.4, -0.2) is 10.9 Å². The van der Waals surface area contributed by atoms with Crippen LogP contribution in [0.4, 0.5) is 0 Å². The van der Waals surface area contributed by atoms with Crippen LogP contribution < -0.4 is 0 Å². The number of oxime groups is 1. The third-order valence-corrected chi connectivity index (χ3v) is 4.25. The summed E-state index contributed by atoms with van der Waals surface area (Å²) >= 11 is 0. The molecule has 0 aromatic rings. The van der Waals surface area contributed by atoms with Crippen LogP contribution in [0.25, 0.3) is 0 Å². The van der Waals surface area contributed by atoms with Crippen molar-refractivity contribution in [3.05, 3.63) is 0 Å². The van der Waals surface area contributed by atoms with Gasteiger partial charge in [-0.15, -0.1) is 0 Å². The van der Waals surface area contributed by atoms with E-state index in [2.05, 4.69) is 5.16 Å². The standard InChI is InChI=1S/C11H19NO/c1-9(12-13)11-6-2-3-10(4-7-11)5-8-11/h10,13H,2-8H2,1H3/b12-9+. The topological polar surface area (TPSA) is 32.6 Å². The second kappa shape index (κ2) is 3.32. The van der Waals surface area contributed by atoms with Gasteiger partial charge in [-0.25, -0.2) is 0 Å². The maximum absolute atomic E-state index is 8.88. The third kappa shape index (κ3) is 1.47. The van der Waals surface area contributed by atoms with Crippen LogP contribution in [0.15, 0.2) is 5.16 Å². The van der Waals surface area contributed by atoms with Gasteiger partial charge >= 0.3 is 0 Å². The van der Waals surface area contributed by atoms with Gasteiger partial charge < -0.3 is 5.21 Å². The monoisotopic (exact) mass is 181 g/mol. The zero-order chi connectivity index (χ0) is 9.31. The predicted molar refractivity (Wildman–Crippen MR) is 53.1 cm³/mol. The highest BCUT2D eigenvalue weighted by atomic mass is 16.4. The molecule has 3 aliphatic rings. The van der Waals surface area contributed by atoms with Gasteiger partial charge in [0.15, 0.2) is 0 Å². The molecule has 3 fully saturated rings. The molecule has 2 bridgehead atoms. The molecule has 0 aromatic heterocycles. The molecule has 0 heterocycles. The molecule has 2 heteroatoms. The number of rotatable bonds is 1. The van der Waals surface area contributed by atoms with Crippen molar-refractivity contribution in [1.29, 1.82) is 0 Å². The Kier molecular flexibility index (Phi) is 2.31. The van der Waals surface area contributed by atoms with E-state index >= 15 is 0 Å². The molecular weight excluding hydrogens is 162 g/mol. The van der Waals surface area contributed by atoms with E-state index in [-0.39, 0.29) is 5.41 Å². The van der Waals surface area contributed by atoms with Crippen molar-refractivity contribution in [3.8, 4) is 0 Å². The van der Waals surface area contributed by atoms with Gasteiger partial charge in [0.05, 0.1) is 5.71 Å². The molecule has 74 valence electrons.